The summed E-state index contributed by atoms with van der Waals surface area (Å²) in [6, 6.07) is 5.08. The quantitative estimate of drug-likeness (QED) is 0.574. The molecule has 0 aliphatic carbocycles. The minimum absolute atomic E-state index is 0.109. The predicted octanol–water partition coefficient (Wildman–Crippen LogP) is 2.87. The smallest absolute Gasteiger partial charge is 0.272 e. The molecule has 0 aliphatic heterocycles. The maximum atomic E-state index is 10.8. The molecular formula is C11H10N2O3. The average molecular weight is 218 g/mol. The Morgan fingerprint density at radius 3 is 2.69 bits per heavy atom. The Kier molecular flexibility index (Phi) is 2.44. The van der Waals surface area contributed by atoms with E-state index >= 15 is 0 Å². The van der Waals surface area contributed by atoms with Gasteiger partial charge in [-0.2, -0.15) is 0 Å². The summed E-state index contributed by atoms with van der Waals surface area (Å²) in [5.74, 6) is 0.651. The van der Waals surface area contributed by atoms with E-state index in [0.717, 1.165) is 11.1 Å². The Morgan fingerprint density at radius 2 is 2.12 bits per heavy atom. The second-order valence-corrected chi connectivity index (χ2v) is 3.55. The third kappa shape index (κ3) is 1.67. The van der Waals surface area contributed by atoms with E-state index in [9.17, 15) is 10.1 Å². The van der Waals surface area contributed by atoms with Gasteiger partial charge in [0.15, 0.2) is 0 Å². The van der Waals surface area contributed by atoms with Crippen molar-refractivity contribution in [2.45, 2.75) is 13.8 Å². The Balaban J connectivity index is 2.56. The molecule has 0 amide bonds. The largest absolute Gasteiger partial charge is 0.361 e. The van der Waals surface area contributed by atoms with Gasteiger partial charge < -0.3 is 4.52 Å². The number of nitro benzene ring substituents is 1. The van der Waals surface area contributed by atoms with Gasteiger partial charge in [-0.3, -0.25) is 10.1 Å². The first-order chi connectivity index (χ1) is 7.59. The van der Waals surface area contributed by atoms with Gasteiger partial charge in [0.25, 0.3) is 5.69 Å². The molecule has 0 saturated heterocycles. The SMILES string of the molecule is Cc1ccc(-c2cnoc2C)cc1[N+](=O)[O-]. The highest BCUT2D eigenvalue weighted by Gasteiger charge is 2.14. The van der Waals surface area contributed by atoms with Crippen LogP contribution in [0.3, 0.4) is 0 Å². The molecule has 1 aromatic carbocycles. The van der Waals surface area contributed by atoms with E-state index < -0.39 is 0 Å². The summed E-state index contributed by atoms with van der Waals surface area (Å²) in [6.45, 7) is 3.48. The fourth-order valence-corrected chi connectivity index (χ4v) is 1.55. The van der Waals surface area contributed by atoms with Gasteiger partial charge in [-0.05, 0) is 19.4 Å². The molecule has 1 aromatic heterocycles. The maximum absolute atomic E-state index is 10.8. The van der Waals surface area contributed by atoms with Gasteiger partial charge in [-0.15, -0.1) is 0 Å². The first-order valence-electron chi connectivity index (χ1n) is 4.76. The highest BCUT2D eigenvalue weighted by atomic mass is 16.6. The number of hydrogen-bond acceptors (Lipinski definition) is 4. The van der Waals surface area contributed by atoms with Crippen LogP contribution in [0.1, 0.15) is 11.3 Å². The highest BCUT2D eigenvalue weighted by molar-refractivity contribution is 5.68. The van der Waals surface area contributed by atoms with Crippen LogP contribution in [0.2, 0.25) is 0 Å². The zero-order chi connectivity index (χ0) is 11.7. The van der Waals surface area contributed by atoms with E-state index in [2.05, 4.69) is 5.16 Å². The van der Waals surface area contributed by atoms with Crippen molar-refractivity contribution in [2.24, 2.45) is 0 Å². The first kappa shape index (κ1) is 10.4. The summed E-state index contributed by atoms with van der Waals surface area (Å²) in [7, 11) is 0. The molecule has 0 aliphatic rings. The van der Waals surface area contributed by atoms with Gasteiger partial charge in [0.05, 0.1) is 11.1 Å². The lowest BCUT2D eigenvalue weighted by Gasteiger charge is -2.01. The molecule has 0 fully saturated rings. The third-order valence-corrected chi connectivity index (χ3v) is 2.47. The van der Waals surface area contributed by atoms with Crippen LogP contribution in [-0.4, -0.2) is 10.1 Å². The molecule has 2 rings (SSSR count). The van der Waals surface area contributed by atoms with Crippen molar-refractivity contribution in [2.75, 3.05) is 0 Å². The molecule has 2 aromatic rings. The molecule has 0 spiro atoms. The number of nitrogens with zero attached hydrogens (tertiary/aromatic N) is 2. The number of aromatic nitrogens is 1. The number of rotatable bonds is 2. The number of benzene rings is 1. The van der Waals surface area contributed by atoms with Crippen molar-refractivity contribution in [3.8, 4) is 11.1 Å². The third-order valence-electron chi connectivity index (χ3n) is 2.47. The lowest BCUT2D eigenvalue weighted by molar-refractivity contribution is -0.385. The molecule has 5 heteroatoms. The van der Waals surface area contributed by atoms with Gasteiger partial charge in [0.1, 0.15) is 5.76 Å². The Morgan fingerprint density at radius 1 is 1.38 bits per heavy atom. The van der Waals surface area contributed by atoms with Crippen molar-refractivity contribution >= 4 is 5.69 Å². The molecule has 0 radical (unpaired) electrons. The second-order valence-electron chi connectivity index (χ2n) is 3.55. The summed E-state index contributed by atoms with van der Waals surface area (Å²) >= 11 is 0. The fourth-order valence-electron chi connectivity index (χ4n) is 1.55. The average Bonchev–Trinajstić information content (AvgIpc) is 2.65. The van der Waals surface area contributed by atoms with Crippen LogP contribution in [0.4, 0.5) is 5.69 Å². The van der Waals surface area contributed by atoms with Crippen molar-refractivity contribution < 1.29 is 9.45 Å². The maximum Gasteiger partial charge on any atom is 0.272 e. The van der Waals surface area contributed by atoms with Crippen molar-refractivity contribution in [1.29, 1.82) is 0 Å². The lowest BCUT2D eigenvalue weighted by atomic mass is 10.0. The molecular weight excluding hydrogens is 208 g/mol. The van der Waals surface area contributed by atoms with Crippen LogP contribution in [0.5, 0.6) is 0 Å². The standard InChI is InChI=1S/C11H10N2O3/c1-7-3-4-9(5-11(7)13(14)15)10-6-12-16-8(10)2/h3-6H,1-2H3. The molecule has 82 valence electrons. The lowest BCUT2D eigenvalue weighted by Crippen LogP contribution is -1.92. The van der Waals surface area contributed by atoms with Gasteiger partial charge in [0.2, 0.25) is 0 Å². The molecule has 1 heterocycles. The molecule has 0 unspecified atom stereocenters. The Bertz CT molecular complexity index is 546. The Hall–Kier alpha value is -2.17. The van der Waals surface area contributed by atoms with Crippen LogP contribution in [0, 0.1) is 24.0 Å². The zero-order valence-corrected chi connectivity index (χ0v) is 8.93. The molecule has 0 atom stereocenters. The van der Waals surface area contributed by atoms with Gasteiger partial charge >= 0.3 is 0 Å². The Labute approximate surface area is 91.8 Å². The molecule has 0 bridgehead atoms. The summed E-state index contributed by atoms with van der Waals surface area (Å²) in [6.07, 6.45) is 1.56. The zero-order valence-electron chi connectivity index (χ0n) is 8.93. The highest BCUT2D eigenvalue weighted by Crippen LogP contribution is 2.28. The number of nitro groups is 1. The molecule has 5 nitrogen and oxygen atoms in total. The van der Waals surface area contributed by atoms with Crippen molar-refractivity contribution in [1.82, 2.24) is 5.16 Å². The van der Waals surface area contributed by atoms with Crippen LogP contribution >= 0.6 is 0 Å². The summed E-state index contributed by atoms with van der Waals surface area (Å²) < 4.78 is 4.93. The van der Waals surface area contributed by atoms with Crippen LogP contribution in [-0.2, 0) is 0 Å². The van der Waals surface area contributed by atoms with Gasteiger partial charge in [0, 0.05) is 17.2 Å². The van der Waals surface area contributed by atoms with Gasteiger partial charge in [-0.25, -0.2) is 0 Å². The van der Waals surface area contributed by atoms with Crippen molar-refractivity contribution in [3.63, 3.8) is 0 Å². The van der Waals surface area contributed by atoms with E-state index in [4.69, 9.17) is 4.52 Å². The van der Waals surface area contributed by atoms with Crippen molar-refractivity contribution in [3.05, 3.63) is 45.8 Å². The summed E-state index contributed by atoms with van der Waals surface area (Å²) in [5.41, 5.74) is 2.28. The summed E-state index contributed by atoms with van der Waals surface area (Å²) in [4.78, 5) is 10.4. The topological polar surface area (TPSA) is 69.2 Å². The minimum Gasteiger partial charge on any atom is -0.361 e. The minimum atomic E-state index is -0.387. The van der Waals surface area contributed by atoms with Gasteiger partial charge in [-0.1, -0.05) is 17.3 Å². The first-order valence-corrected chi connectivity index (χ1v) is 4.76. The second kappa shape index (κ2) is 3.77. The van der Waals surface area contributed by atoms with Crippen LogP contribution in [0.15, 0.2) is 28.9 Å². The molecule has 16 heavy (non-hydrogen) atoms. The van der Waals surface area contributed by atoms with Crippen LogP contribution in [0.25, 0.3) is 11.1 Å². The van der Waals surface area contributed by atoms with Crippen LogP contribution < -0.4 is 0 Å². The molecule has 0 N–H and O–H groups in total. The van der Waals surface area contributed by atoms with E-state index in [0.29, 0.717) is 11.3 Å². The van der Waals surface area contributed by atoms with E-state index in [-0.39, 0.29) is 10.6 Å². The number of hydrogen-bond donors (Lipinski definition) is 0. The fraction of sp³-hybridized carbons (Fsp3) is 0.182. The van der Waals surface area contributed by atoms with E-state index in [1.807, 2.05) is 6.07 Å². The van der Waals surface area contributed by atoms with E-state index in [1.54, 1.807) is 26.1 Å². The predicted molar refractivity (Wildman–Crippen MR) is 58.1 cm³/mol. The summed E-state index contributed by atoms with van der Waals surface area (Å²) in [5, 5.41) is 14.4. The monoisotopic (exact) mass is 218 g/mol. The molecule has 0 saturated carbocycles. The normalized spacial score (nSPS) is 10.4. The number of aryl methyl sites for hydroxylation is 2. The van der Waals surface area contributed by atoms with E-state index in [1.165, 1.54) is 6.07 Å².